The molecule has 0 spiro atoms. The number of thioether (sulfide) groups is 1. The van der Waals surface area contributed by atoms with Gasteiger partial charge in [0.1, 0.15) is 0 Å². The van der Waals surface area contributed by atoms with E-state index < -0.39 is 4.92 Å². The topological polar surface area (TPSA) is 43.1 Å². The molecule has 2 aromatic rings. The number of benzene rings is 2. The molecule has 0 aliphatic carbocycles. The zero-order chi connectivity index (χ0) is 14.7. The average molecular weight is 393 g/mol. The van der Waals surface area contributed by atoms with Crippen LogP contribution < -0.4 is 0 Å². The molecular weight excluding hydrogens is 385 g/mol. The van der Waals surface area contributed by atoms with Crippen LogP contribution in [0.3, 0.4) is 0 Å². The highest BCUT2D eigenvalue weighted by Crippen LogP contribution is 2.36. The van der Waals surface area contributed by atoms with Gasteiger partial charge in [-0.3, -0.25) is 10.1 Å². The lowest BCUT2D eigenvalue weighted by molar-refractivity contribution is -0.385. The molecule has 0 N–H and O–H groups in total. The maximum atomic E-state index is 10.9. The van der Waals surface area contributed by atoms with Crippen LogP contribution in [-0.4, -0.2) is 4.92 Å². The first kappa shape index (κ1) is 15.6. The van der Waals surface area contributed by atoms with Gasteiger partial charge < -0.3 is 0 Å². The fourth-order valence-electron chi connectivity index (χ4n) is 1.56. The Labute approximate surface area is 138 Å². The summed E-state index contributed by atoms with van der Waals surface area (Å²) < 4.78 is 0.496. The van der Waals surface area contributed by atoms with Crippen LogP contribution in [0.1, 0.15) is 5.56 Å². The number of nitro groups is 1. The zero-order valence-electron chi connectivity index (χ0n) is 9.98. The van der Waals surface area contributed by atoms with Crippen LogP contribution in [0, 0.1) is 10.1 Å². The quantitative estimate of drug-likeness (QED) is 0.366. The van der Waals surface area contributed by atoms with Crippen LogP contribution in [0.2, 0.25) is 10.0 Å². The summed E-state index contributed by atoms with van der Waals surface area (Å²) in [6, 6.07) is 10.2. The van der Waals surface area contributed by atoms with Crippen LogP contribution in [0.4, 0.5) is 5.69 Å². The molecule has 2 aromatic carbocycles. The smallest absolute Gasteiger partial charge is 0.258 e. The molecule has 0 aliphatic heterocycles. The molecule has 0 amide bonds. The van der Waals surface area contributed by atoms with E-state index in [0.29, 0.717) is 20.3 Å². The average Bonchev–Trinajstić information content (AvgIpc) is 2.41. The van der Waals surface area contributed by atoms with Gasteiger partial charge in [0.2, 0.25) is 0 Å². The first-order valence-electron chi connectivity index (χ1n) is 5.48. The van der Waals surface area contributed by atoms with Crippen molar-refractivity contribution in [3.05, 3.63) is 66.6 Å². The van der Waals surface area contributed by atoms with E-state index in [9.17, 15) is 10.1 Å². The molecule has 3 nitrogen and oxygen atoms in total. The van der Waals surface area contributed by atoms with Crippen LogP contribution in [-0.2, 0) is 5.75 Å². The maximum Gasteiger partial charge on any atom is 0.283 e. The number of nitro benzene ring substituents is 1. The number of halogens is 3. The monoisotopic (exact) mass is 391 g/mol. The summed E-state index contributed by atoms with van der Waals surface area (Å²) in [5.74, 6) is 0.558. The van der Waals surface area contributed by atoms with E-state index >= 15 is 0 Å². The Bertz CT molecular complexity index is 667. The second kappa shape index (κ2) is 6.80. The van der Waals surface area contributed by atoms with Crippen LogP contribution in [0.25, 0.3) is 0 Å². The molecule has 0 radical (unpaired) electrons. The molecule has 0 aliphatic rings. The van der Waals surface area contributed by atoms with Gasteiger partial charge in [-0.25, -0.2) is 0 Å². The predicted octanol–water partition coefficient (Wildman–Crippen LogP) is 5.96. The second-order valence-electron chi connectivity index (χ2n) is 3.87. The van der Waals surface area contributed by atoms with Crippen molar-refractivity contribution in [2.75, 3.05) is 0 Å². The fourth-order valence-corrected chi connectivity index (χ4v) is 3.78. The summed E-state index contributed by atoms with van der Waals surface area (Å²) in [7, 11) is 0. The third-order valence-corrected chi connectivity index (χ3v) is 5.23. The van der Waals surface area contributed by atoms with Crippen molar-refractivity contribution in [3.8, 4) is 0 Å². The Morgan fingerprint density at radius 2 is 2.00 bits per heavy atom. The Morgan fingerprint density at radius 1 is 1.25 bits per heavy atom. The largest absolute Gasteiger partial charge is 0.283 e. The summed E-state index contributed by atoms with van der Waals surface area (Å²) in [4.78, 5) is 11.3. The standard InChI is InChI=1S/C13H8BrCl2NO2S/c14-13-8(2-1-3-11(13)17(18)19)7-20-12-6-9(15)4-5-10(12)16/h1-6H,7H2. The molecule has 0 atom stereocenters. The van der Waals surface area contributed by atoms with E-state index in [4.69, 9.17) is 23.2 Å². The highest BCUT2D eigenvalue weighted by atomic mass is 79.9. The molecule has 0 aromatic heterocycles. The summed E-state index contributed by atoms with van der Waals surface area (Å²) >= 11 is 16.8. The Balaban J connectivity index is 2.21. The van der Waals surface area contributed by atoms with Crippen molar-refractivity contribution in [3.63, 3.8) is 0 Å². The van der Waals surface area contributed by atoms with Gasteiger partial charge >= 0.3 is 0 Å². The van der Waals surface area contributed by atoms with Gasteiger partial charge in [0.05, 0.1) is 14.4 Å². The van der Waals surface area contributed by atoms with E-state index in [-0.39, 0.29) is 5.69 Å². The van der Waals surface area contributed by atoms with E-state index in [0.717, 1.165) is 10.5 Å². The molecule has 20 heavy (non-hydrogen) atoms. The fraction of sp³-hybridized carbons (Fsp3) is 0.0769. The maximum absolute atomic E-state index is 10.9. The van der Waals surface area contributed by atoms with Gasteiger partial charge in [-0.1, -0.05) is 35.3 Å². The summed E-state index contributed by atoms with van der Waals surface area (Å²) in [5.41, 5.74) is 0.889. The molecule has 7 heteroatoms. The molecule has 0 unspecified atom stereocenters. The van der Waals surface area contributed by atoms with E-state index in [1.54, 1.807) is 24.3 Å². The predicted molar refractivity (Wildman–Crippen MR) is 86.8 cm³/mol. The normalized spacial score (nSPS) is 10.6. The number of nitrogens with zero attached hydrogens (tertiary/aromatic N) is 1. The van der Waals surface area contributed by atoms with Gasteiger partial charge in [-0.2, -0.15) is 0 Å². The van der Waals surface area contributed by atoms with Crippen molar-refractivity contribution >= 4 is 56.6 Å². The highest BCUT2D eigenvalue weighted by molar-refractivity contribution is 9.10. The minimum Gasteiger partial charge on any atom is -0.258 e. The van der Waals surface area contributed by atoms with Gasteiger partial charge in [0, 0.05) is 21.7 Å². The molecule has 0 saturated heterocycles. The lowest BCUT2D eigenvalue weighted by Crippen LogP contribution is -1.92. The lowest BCUT2D eigenvalue weighted by atomic mass is 10.2. The van der Waals surface area contributed by atoms with Crippen LogP contribution in [0.15, 0.2) is 45.8 Å². The molecule has 0 saturated carbocycles. The van der Waals surface area contributed by atoms with Crippen molar-refractivity contribution in [2.24, 2.45) is 0 Å². The SMILES string of the molecule is O=[N+]([O-])c1cccc(CSc2cc(Cl)ccc2Cl)c1Br. The van der Waals surface area contributed by atoms with Gasteiger partial charge in [0.25, 0.3) is 5.69 Å². The lowest BCUT2D eigenvalue weighted by Gasteiger charge is -2.07. The first-order valence-corrected chi connectivity index (χ1v) is 8.02. The van der Waals surface area contributed by atoms with Crippen molar-refractivity contribution in [1.29, 1.82) is 0 Å². The summed E-state index contributed by atoms with van der Waals surface area (Å²) in [6.45, 7) is 0. The van der Waals surface area contributed by atoms with Crippen LogP contribution >= 0.6 is 50.9 Å². The molecule has 2 rings (SSSR count). The Kier molecular flexibility index (Phi) is 5.32. The van der Waals surface area contributed by atoms with Crippen molar-refractivity contribution in [2.45, 2.75) is 10.6 Å². The summed E-state index contributed by atoms with van der Waals surface area (Å²) in [5, 5.41) is 12.1. The number of rotatable bonds is 4. The Morgan fingerprint density at radius 3 is 2.70 bits per heavy atom. The molecule has 0 bridgehead atoms. The van der Waals surface area contributed by atoms with E-state index in [1.807, 2.05) is 6.07 Å². The van der Waals surface area contributed by atoms with E-state index in [1.165, 1.54) is 17.8 Å². The minimum absolute atomic E-state index is 0.0558. The number of hydrogen-bond donors (Lipinski definition) is 0. The first-order chi connectivity index (χ1) is 9.49. The third-order valence-electron chi connectivity index (χ3n) is 2.53. The molecular formula is C13H8BrCl2NO2S. The highest BCUT2D eigenvalue weighted by Gasteiger charge is 2.15. The second-order valence-corrected chi connectivity index (χ2v) is 6.52. The van der Waals surface area contributed by atoms with E-state index in [2.05, 4.69) is 15.9 Å². The number of hydrogen-bond acceptors (Lipinski definition) is 3. The molecule has 0 heterocycles. The molecule has 0 fully saturated rings. The minimum atomic E-state index is -0.412. The van der Waals surface area contributed by atoms with Crippen LogP contribution in [0.5, 0.6) is 0 Å². The Hall–Kier alpha value is -0.750. The third kappa shape index (κ3) is 3.67. The van der Waals surface area contributed by atoms with Gasteiger partial charge in [-0.05, 0) is 39.7 Å². The summed E-state index contributed by atoms with van der Waals surface area (Å²) in [6.07, 6.45) is 0. The van der Waals surface area contributed by atoms with Gasteiger partial charge in [0.15, 0.2) is 0 Å². The molecule has 104 valence electrons. The zero-order valence-corrected chi connectivity index (χ0v) is 13.9. The van der Waals surface area contributed by atoms with Crippen molar-refractivity contribution < 1.29 is 4.92 Å². The van der Waals surface area contributed by atoms with Crippen molar-refractivity contribution in [1.82, 2.24) is 0 Å². The van der Waals surface area contributed by atoms with Gasteiger partial charge in [-0.15, -0.1) is 11.8 Å².